The van der Waals surface area contributed by atoms with Crippen molar-refractivity contribution < 1.29 is 13.2 Å². The van der Waals surface area contributed by atoms with E-state index < -0.39 is 9.84 Å². The van der Waals surface area contributed by atoms with E-state index in [0.29, 0.717) is 12.6 Å². The highest BCUT2D eigenvalue weighted by Crippen LogP contribution is 2.15. The molecule has 1 N–H and O–H groups in total. The van der Waals surface area contributed by atoms with Crippen LogP contribution >= 0.6 is 0 Å². The molecule has 1 heterocycles. The lowest BCUT2D eigenvalue weighted by Gasteiger charge is -2.33. The summed E-state index contributed by atoms with van der Waals surface area (Å²) in [5.41, 5.74) is 1.77. The number of carbonyl (C=O) groups is 1. The molecule has 1 atom stereocenters. The van der Waals surface area contributed by atoms with Crippen molar-refractivity contribution in [1.82, 2.24) is 10.2 Å². The number of carbonyl (C=O) groups excluding carboxylic acids is 1. The Morgan fingerprint density at radius 2 is 2.04 bits per heavy atom. The maximum atomic E-state index is 12.2. The van der Waals surface area contributed by atoms with Gasteiger partial charge in [0.15, 0.2) is 9.84 Å². The van der Waals surface area contributed by atoms with Gasteiger partial charge in [0.25, 0.3) is 0 Å². The van der Waals surface area contributed by atoms with Crippen LogP contribution in [0.3, 0.4) is 0 Å². The summed E-state index contributed by atoms with van der Waals surface area (Å²) in [5, 5.41) is 2.85. The van der Waals surface area contributed by atoms with E-state index in [1.54, 1.807) is 0 Å². The van der Waals surface area contributed by atoms with Crippen molar-refractivity contribution >= 4 is 15.7 Å². The molecule has 1 aliphatic heterocycles. The Hall–Kier alpha value is -1.40. The molecule has 6 heteroatoms. The molecule has 25 heavy (non-hydrogen) atoms. The Labute approximate surface area is 151 Å². The van der Waals surface area contributed by atoms with Gasteiger partial charge in [-0.1, -0.05) is 30.7 Å². The molecule has 1 saturated heterocycles. The first kappa shape index (κ1) is 19.9. The third-order valence-electron chi connectivity index (χ3n) is 4.94. The van der Waals surface area contributed by atoms with Crippen LogP contribution < -0.4 is 5.32 Å². The molecule has 140 valence electrons. The van der Waals surface area contributed by atoms with E-state index >= 15 is 0 Å². The second-order valence-corrected chi connectivity index (χ2v) is 9.18. The normalized spacial score (nSPS) is 18.9. The van der Waals surface area contributed by atoms with Crippen LogP contribution in [0.15, 0.2) is 24.3 Å². The highest BCUT2D eigenvalue weighted by atomic mass is 32.2. The molecule has 1 aliphatic rings. The summed E-state index contributed by atoms with van der Waals surface area (Å²) >= 11 is 0. The van der Waals surface area contributed by atoms with Gasteiger partial charge in [-0.2, -0.15) is 0 Å². The minimum Gasteiger partial charge on any atom is -0.355 e. The molecule has 1 amide bonds. The van der Waals surface area contributed by atoms with E-state index in [1.807, 2.05) is 31.2 Å². The molecule has 0 spiro atoms. The number of hydrogen-bond acceptors (Lipinski definition) is 4. The van der Waals surface area contributed by atoms with Crippen LogP contribution in [0.4, 0.5) is 0 Å². The number of rotatable bonds is 8. The maximum Gasteiger partial charge on any atom is 0.221 e. The Morgan fingerprint density at radius 1 is 1.28 bits per heavy atom. The zero-order valence-electron chi connectivity index (χ0n) is 15.3. The molecule has 2 rings (SSSR count). The van der Waals surface area contributed by atoms with E-state index in [1.165, 1.54) is 19.3 Å². The molecule has 0 aromatic heterocycles. The number of nitrogens with one attached hydrogen (secondary N) is 1. The maximum absolute atomic E-state index is 12.2. The first-order valence-corrected chi connectivity index (χ1v) is 11.0. The summed E-state index contributed by atoms with van der Waals surface area (Å²) in [6, 6.07) is 8.03. The molecule has 0 radical (unpaired) electrons. The highest BCUT2D eigenvalue weighted by Gasteiger charge is 2.18. The summed E-state index contributed by atoms with van der Waals surface area (Å²) in [4.78, 5) is 14.3. The summed E-state index contributed by atoms with van der Waals surface area (Å²) in [5.74, 6) is -0.288. The molecular weight excluding hydrogens is 336 g/mol. The predicted molar refractivity (Wildman–Crippen MR) is 101 cm³/mol. The molecule has 0 saturated carbocycles. The lowest BCUT2D eigenvalue weighted by atomic mass is 10.0. The fourth-order valence-corrected chi connectivity index (χ4v) is 4.68. The monoisotopic (exact) mass is 366 g/mol. The quantitative estimate of drug-likeness (QED) is 0.767. The minimum atomic E-state index is -3.28. The van der Waals surface area contributed by atoms with Crippen molar-refractivity contribution in [3.63, 3.8) is 0 Å². The number of benzene rings is 1. The summed E-state index contributed by atoms with van der Waals surface area (Å²) < 4.78 is 24.5. The van der Waals surface area contributed by atoms with Crippen LogP contribution in [-0.2, 0) is 20.4 Å². The number of hydrogen-bond donors (Lipinski definition) is 1. The first-order valence-electron chi connectivity index (χ1n) is 9.13. The fraction of sp³-hybridized carbons (Fsp3) is 0.632. The van der Waals surface area contributed by atoms with Gasteiger partial charge in [0.1, 0.15) is 0 Å². The number of nitrogens with zero attached hydrogens (tertiary/aromatic N) is 1. The van der Waals surface area contributed by atoms with Gasteiger partial charge < -0.3 is 5.32 Å². The Kier molecular flexibility index (Phi) is 7.44. The number of sulfone groups is 1. The minimum absolute atomic E-state index is 0.00174. The Bertz CT molecular complexity index is 673. The highest BCUT2D eigenvalue weighted by molar-refractivity contribution is 7.90. The van der Waals surface area contributed by atoms with Gasteiger partial charge in [0, 0.05) is 25.6 Å². The lowest BCUT2D eigenvalue weighted by Crippen LogP contribution is -2.42. The van der Waals surface area contributed by atoms with E-state index in [2.05, 4.69) is 17.1 Å². The Balaban J connectivity index is 1.71. The summed E-state index contributed by atoms with van der Waals surface area (Å²) in [6.45, 7) is 6.63. The van der Waals surface area contributed by atoms with E-state index in [-0.39, 0.29) is 23.8 Å². The van der Waals surface area contributed by atoms with Crippen molar-refractivity contribution in [2.75, 3.05) is 25.4 Å². The smallest absolute Gasteiger partial charge is 0.221 e. The van der Waals surface area contributed by atoms with Gasteiger partial charge >= 0.3 is 0 Å². The van der Waals surface area contributed by atoms with Crippen molar-refractivity contribution in [3.8, 4) is 0 Å². The molecule has 5 nitrogen and oxygen atoms in total. The van der Waals surface area contributed by atoms with Crippen LogP contribution in [-0.4, -0.2) is 50.7 Å². The van der Waals surface area contributed by atoms with Crippen LogP contribution in [0, 0.1) is 6.92 Å². The molecule has 1 aromatic rings. The van der Waals surface area contributed by atoms with Crippen molar-refractivity contribution in [1.29, 1.82) is 0 Å². The average molecular weight is 367 g/mol. The number of aryl methyl sites for hydroxylation is 1. The second-order valence-electron chi connectivity index (χ2n) is 7.00. The van der Waals surface area contributed by atoms with Gasteiger partial charge in [-0.05, 0) is 44.4 Å². The molecule has 0 bridgehead atoms. The largest absolute Gasteiger partial charge is 0.355 e. The summed E-state index contributed by atoms with van der Waals surface area (Å²) in [6.07, 6.45) is 3.74. The molecule has 1 fully saturated rings. The zero-order valence-corrected chi connectivity index (χ0v) is 16.1. The predicted octanol–water partition coefficient (Wildman–Crippen LogP) is 2.29. The SMILES string of the molecule is Cc1ccccc1CS(=O)(=O)CCC(=O)NCCN1CCCCC1C. The van der Waals surface area contributed by atoms with Gasteiger partial charge in [-0.15, -0.1) is 0 Å². The molecule has 0 aliphatic carbocycles. The molecule has 1 unspecified atom stereocenters. The second kappa shape index (κ2) is 9.34. The van der Waals surface area contributed by atoms with Crippen LogP contribution in [0.1, 0.15) is 43.7 Å². The topological polar surface area (TPSA) is 66.5 Å². The number of likely N-dealkylation sites (tertiary alicyclic amines) is 1. The number of piperidine rings is 1. The first-order chi connectivity index (χ1) is 11.9. The standard InChI is InChI=1S/C19H30N2O3S/c1-16-7-3-4-9-18(16)15-25(23,24)14-10-19(22)20-11-13-21-12-6-5-8-17(21)2/h3-4,7,9,17H,5-6,8,10-15H2,1-2H3,(H,20,22). The van der Waals surface area contributed by atoms with Crippen molar-refractivity contribution in [2.24, 2.45) is 0 Å². The number of amides is 1. The van der Waals surface area contributed by atoms with Gasteiger partial charge in [0.2, 0.25) is 5.91 Å². The zero-order chi connectivity index (χ0) is 18.3. The molecular formula is C19H30N2O3S. The van der Waals surface area contributed by atoms with E-state index in [4.69, 9.17) is 0 Å². The third-order valence-corrected chi connectivity index (χ3v) is 6.52. The van der Waals surface area contributed by atoms with Crippen LogP contribution in [0.2, 0.25) is 0 Å². The van der Waals surface area contributed by atoms with Crippen LogP contribution in [0.25, 0.3) is 0 Å². The average Bonchev–Trinajstić information content (AvgIpc) is 2.57. The fourth-order valence-electron chi connectivity index (χ4n) is 3.25. The van der Waals surface area contributed by atoms with Gasteiger partial charge in [0.05, 0.1) is 11.5 Å². The third kappa shape index (κ3) is 6.78. The lowest BCUT2D eigenvalue weighted by molar-refractivity contribution is -0.120. The molecule has 1 aromatic carbocycles. The van der Waals surface area contributed by atoms with E-state index in [9.17, 15) is 13.2 Å². The van der Waals surface area contributed by atoms with Gasteiger partial charge in [-0.3, -0.25) is 9.69 Å². The Morgan fingerprint density at radius 3 is 2.76 bits per heavy atom. The van der Waals surface area contributed by atoms with Crippen LogP contribution in [0.5, 0.6) is 0 Å². The van der Waals surface area contributed by atoms with Crippen molar-refractivity contribution in [3.05, 3.63) is 35.4 Å². The summed E-state index contributed by atoms with van der Waals surface area (Å²) in [7, 11) is -3.28. The van der Waals surface area contributed by atoms with E-state index in [0.717, 1.165) is 24.2 Å². The van der Waals surface area contributed by atoms with Gasteiger partial charge in [-0.25, -0.2) is 8.42 Å². The van der Waals surface area contributed by atoms with Crippen molar-refractivity contribution in [2.45, 2.75) is 51.3 Å².